The third-order valence-corrected chi connectivity index (χ3v) is 7.36. The van der Waals surface area contributed by atoms with Gasteiger partial charge in [0.25, 0.3) is 0 Å². The van der Waals surface area contributed by atoms with Crippen molar-refractivity contribution in [2.75, 3.05) is 42.5 Å². The number of anilines is 2. The fraction of sp³-hybridized carbons (Fsp3) is 0.545. The van der Waals surface area contributed by atoms with Gasteiger partial charge in [0.15, 0.2) is 17.1 Å². The Hall–Kier alpha value is -3.25. The summed E-state index contributed by atoms with van der Waals surface area (Å²) in [6, 6.07) is 0.0886. The molecule has 1 spiro atoms. The predicted octanol–water partition coefficient (Wildman–Crippen LogP) is 0.267. The number of aromatic nitrogens is 1. The van der Waals surface area contributed by atoms with Crippen molar-refractivity contribution in [3.05, 3.63) is 17.4 Å². The van der Waals surface area contributed by atoms with Crippen LogP contribution in [-0.4, -0.2) is 74.0 Å². The van der Waals surface area contributed by atoms with Gasteiger partial charge < -0.3 is 24.4 Å². The monoisotopic (exact) mass is 472 g/mol. The third kappa shape index (κ3) is 2.81. The summed E-state index contributed by atoms with van der Waals surface area (Å²) in [5, 5.41) is 12.4. The van der Waals surface area contributed by atoms with E-state index in [1.54, 1.807) is 17.9 Å². The number of nitrogens with one attached hydrogen (secondary N) is 3. The number of halogens is 1. The average molecular weight is 472 g/mol. The van der Waals surface area contributed by atoms with Gasteiger partial charge in [-0.25, -0.2) is 9.18 Å². The molecule has 1 aromatic carbocycles. The molecule has 0 radical (unpaired) electrons. The summed E-state index contributed by atoms with van der Waals surface area (Å²) < 4.78 is 27.5. The van der Waals surface area contributed by atoms with E-state index in [9.17, 15) is 14.4 Å². The molecule has 180 valence electrons. The zero-order valence-electron chi connectivity index (χ0n) is 18.8. The van der Waals surface area contributed by atoms with Crippen LogP contribution in [0.3, 0.4) is 0 Å². The molecule has 3 saturated heterocycles. The number of morpholine rings is 1. The van der Waals surface area contributed by atoms with Gasteiger partial charge >= 0.3 is 6.03 Å². The number of hydrogen-bond donors (Lipinski definition) is 3. The maximum atomic E-state index is 16.1. The summed E-state index contributed by atoms with van der Waals surface area (Å²) in [4.78, 5) is 42.2. The number of imide groups is 2. The third-order valence-electron chi connectivity index (χ3n) is 7.36. The summed E-state index contributed by atoms with van der Waals surface area (Å²) in [5.41, 5.74) is -0.846. The van der Waals surface area contributed by atoms with Crippen molar-refractivity contribution in [3.8, 4) is 0 Å². The molecule has 4 amide bonds. The molecule has 3 N–H and O–H groups in total. The number of hydrogen-bond acceptors (Lipinski definition) is 9. The van der Waals surface area contributed by atoms with Crippen molar-refractivity contribution in [1.29, 1.82) is 0 Å². The predicted molar refractivity (Wildman–Crippen MR) is 118 cm³/mol. The normalized spacial score (nSPS) is 28.6. The van der Waals surface area contributed by atoms with Gasteiger partial charge in [0.05, 0.1) is 29.3 Å². The molecule has 2 aromatic rings. The minimum absolute atomic E-state index is 0.0431. The van der Waals surface area contributed by atoms with E-state index in [4.69, 9.17) is 9.26 Å². The van der Waals surface area contributed by atoms with Gasteiger partial charge in [-0.05, 0) is 25.5 Å². The molecule has 3 atom stereocenters. The van der Waals surface area contributed by atoms with Crippen LogP contribution in [0.2, 0.25) is 0 Å². The Morgan fingerprint density at radius 2 is 1.85 bits per heavy atom. The first kappa shape index (κ1) is 21.3. The summed E-state index contributed by atoms with van der Waals surface area (Å²) in [6.07, 6.45) is -0.940. The van der Waals surface area contributed by atoms with Crippen molar-refractivity contribution in [1.82, 2.24) is 21.1 Å². The molecule has 3 fully saturated rings. The van der Waals surface area contributed by atoms with Crippen molar-refractivity contribution in [2.45, 2.75) is 38.5 Å². The molecule has 34 heavy (non-hydrogen) atoms. The zero-order valence-corrected chi connectivity index (χ0v) is 18.8. The molecule has 12 heteroatoms. The summed E-state index contributed by atoms with van der Waals surface area (Å²) in [6.45, 7) is 6.79. The van der Waals surface area contributed by atoms with Crippen molar-refractivity contribution < 1.29 is 28.0 Å². The number of piperazine rings is 1. The molecule has 4 aliphatic heterocycles. The molecular formula is C22H25FN6O5. The molecule has 5 heterocycles. The van der Waals surface area contributed by atoms with Crippen LogP contribution in [0, 0.1) is 11.2 Å². The highest BCUT2D eigenvalue weighted by molar-refractivity contribution is 6.20. The van der Waals surface area contributed by atoms with Crippen LogP contribution in [0.4, 0.5) is 20.7 Å². The van der Waals surface area contributed by atoms with Crippen LogP contribution >= 0.6 is 0 Å². The Labute approximate surface area is 193 Å². The zero-order chi connectivity index (χ0) is 23.8. The minimum Gasteiger partial charge on any atom is -0.372 e. The van der Waals surface area contributed by atoms with E-state index in [2.05, 4.69) is 21.1 Å². The SMILES string of the molecule is C[C@@H]1CN2c3c(cc4c(N5CCNCC5)noc4c3F)CC3(C(=O)NC(=O)NC3=O)[C@H]2[C@H](C)O1. The number of amides is 4. The first-order valence-corrected chi connectivity index (χ1v) is 11.5. The van der Waals surface area contributed by atoms with E-state index in [-0.39, 0.29) is 30.3 Å². The van der Waals surface area contributed by atoms with Crippen LogP contribution in [0.15, 0.2) is 10.6 Å². The lowest BCUT2D eigenvalue weighted by Crippen LogP contribution is -2.75. The molecular weight excluding hydrogens is 447 g/mol. The molecule has 0 saturated carbocycles. The van der Waals surface area contributed by atoms with E-state index in [1.165, 1.54) is 0 Å². The van der Waals surface area contributed by atoms with Gasteiger partial charge in [0, 0.05) is 39.1 Å². The van der Waals surface area contributed by atoms with E-state index in [1.807, 2.05) is 11.8 Å². The maximum Gasteiger partial charge on any atom is 0.328 e. The molecule has 0 bridgehead atoms. The largest absolute Gasteiger partial charge is 0.372 e. The van der Waals surface area contributed by atoms with Gasteiger partial charge in [-0.15, -0.1) is 0 Å². The highest BCUT2D eigenvalue weighted by Gasteiger charge is 2.63. The second kappa shape index (κ2) is 7.37. The number of carbonyl (C=O) groups excluding carboxylic acids is 3. The number of fused-ring (bicyclic) bond motifs is 5. The Kier molecular flexibility index (Phi) is 4.62. The number of ether oxygens (including phenoxy) is 1. The van der Waals surface area contributed by atoms with Gasteiger partial charge in [0.2, 0.25) is 17.4 Å². The fourth-order valence-electron chi connectivity index (χ4n) is 6.04. The van der Waals surface area contributed by atoms with Crippen LogP contribution in [0.25, 0.3) is 11.0 Å². The van der Waals surface area contributed by atoms with Gasteiger partial charge in [-0.3, -0.25) is 20.2 Å². The lowest BCUT2D eigenvalue weighted by atomic mass is 9.66. The smallest absolute Gasteiger partial charge is 0.328 e. The Balaban J connectivity index is 1.56. The highest BCUT2D eigenvalue weighted by Crippen LogP contribution is 2.49. The van der Waals surface area contributed by atoms with E-state index in [0.29, 0.717) is 29.9 Å². The molecule has 11 nitrogen and oxygen atoms in total. The first-order valence-electron chi connectivity index (χ1n) is 11.5. The van der Waals surface area contributed by atoms with E-state index in [0.717, 1.165) is 13.1 Å². The number of nitrogens with zero attached hydrogens (tertiary/aromatic N) is 3. The molecule has 4 aliphatic rings. The van der Waals surface area contributed by atoms with E-state index >= 15 is 4.39 Å². The second-order valence-electron chi connectivity index (χ2n) is 9.45. The summed E-state index contributed by atoms with van der Waals surface area (Å²) >= 11 is 0. The van der Waals surface area contributed by atoms with Crippen LogP contribution < -0.4 is 25.8 Å². The first-order chi connectivity index (χ1) is 16.3. The lowest BCUT2D eigenvalue weighted by molar-refractivity contribution is -0.153. The number of barbiturate groups is 1. The maximum absolute atomic E-state index is 16.1. The standard InChI is InChI=1S/C22H25FN6O5/c1-10-9-29-15-12(7-13-16(14(15)23)34-27-18(13)28-5-3-24-4-6-28)8-22(17(29)11(2)33-10)19(30)25-21(32)26-20(22)31/h7,10-11,17,24H,3-6,8-9H2,1-2H3,(H2,25,26,30,31,32)/t10-,11+,17-/m1/s1. The van der Waals surface area contributed by atoms with Crippen molar-refractivity contribution >= 4 is 40.3 Å². The minimum atomic E-state index is -1.66. The molecule has 6 rings (SSSR count). The number of urea groups is 1. The Morgan fingerprint density at radius 3 is 2.56 bits per heavy atom. The average Bonchev–Trinajstić information content (AvgIpc) is 3.21. The quantitative estimate of drug-likeness (QED) is 0.501. The van der Waals surface area contributed by atoms with E-state index < -0.39 is 41.2 Å². The van der Waals surface area contributed by atoms with Crippen LogP contribution in [0.5, 0.6) is 0 Å². The van der Waals surface area contributed by atoms with Crippen LogP contribution in [-0.2, 0) is 20.7 Å². The number of rotatable bonds is 1. The second-order valence-corrected chi connectivity index (χ2v) is 9.45. The summed E-state index contributed by atoms with van der Waals surface area (Å²) in [7, 11) is 0. The number of carbonyl (C=O) groups is 3. The van der Waals surface area contributed by atoms with Crippen LogP contribution in [0.1, 0.15) is 19.4 Å². The lowest BCUT2D eigenvalue weighted by Gasteiger charge is -2.55. The highest BCUT2D eigenvalue weighted by atomic mass is 19.1. The van der Waals surface area contributed by atoms with Crippen molar-refractivity contribution in [3.63, 3.8) is 0 Å². The summed E-state index contributed by atoms with van der Waals surface area (Å²) in [5.74, 6) is -1.46. The molecule has 0 aliphatic carbocycles. The topological polar surface area (TPSA) is 129 Å². The van der Waals surface area contributed by atoms with Gasteiger partial charge in [-0.2, -0.15) is 0 Å². The van der Waals surface area contributed by atoms with Crippen molar-refractivity contribution in [2.24, 2.45) is 5.41 Å². The molecule has 0 unspecified atom stereocenters. The Bertz CT molecular complexity index is 1200. The Morgan fingerprint density at radius 1 is 1.15 bits per heavy atom. The van der Waals surface area contributed by atoms with Gasteiger partial charge in [0.1, 0.15) is 0 Å². The fourth-order valence-corrected chi connectivity index (χ4v) is 6.04. The van der Waals surface area contributed by atoms with Gasteiger partial charge in [-0.1, -0.05) is 5.16 Å². The molecule has 1 aromatic heterocycles. The number of benzene rings is 1.